The molecule has 5 heteroatoms. The largest absolute Gasteiger partial charge is 0.495 e. The summed E-state index contributed by atoms with van der Waals surface area (Å²) >= 11 is 0. The fourth-order valence-corrected chi connectivity index (χ4v) is 3.25. The lowest BCUT2D eigenvalue weighted by Gasteiger charge is -2.27. The fraction of sp³-hybridized carbons (Fsp3) is 0.231. The van der Waals surface area contributed by atoms with Gasteiger partial charge in [-0.25, -0.2) is 0 Å². The van der Waals surface area contributed by atoms with Crippen LogP contribution in [0.1, 0.15) is 36.6 Å². The summed E-state index contributed by atoms with van der Waals surface area (Å²) in [5.74, 6) is -0.409. The first-order chi connectivity index (χ1) is 14.8. The first-order valence-corrected chi connectivity index (χ1v) is 10.1. The van der Waals surface area contributed by atoms with E-state index in [4.69, 9.17) is 9.47 Å². The maximum absolute atomic E-state index is 13.2. The second-order valence-electron chi connectivity index (χ2n) is 7.88. The van der Waals surface area contributed by atoms with Crippen molar-refractivity contribution in [2.45, 2.75) is 32.3 Å². The van der Waals surface area contributed by atoms with Gasteiger partial charge in [0.05, 0.1) is 18.2 Å². The standard InChI is InChI=1S/C26H27NO4/c1-18-15-16-22(30-4)21(17-18)27-24(28)23(19-11-7-5-8-12-19)31-25(29)26(2,3)20-13-9-6-10-14-20/h5-17,23H,1-4H3,(H,27,28)/t23-/m1/s1. The molecule has 0 unspecified atom stereocenters. The van der Waals surface area contributed by atoms with E-state index in [1.54, 1.807) is 44.2 Å². The molecule has 0 aromatic heterocycles. The molecule has 0 radical (unpaired) electrons. The predicted molar refractivity (Wildman–Crippen MR) is 121 cm³/mol. The summed E-state index contributed by atoms with van der Waals surface area (Å²) in [7, 11) is 1.54. The summed E-state index contributed by atoms with van der Waals surface area (Å²) in [6.45, 7) is 5.49. The molecule has 0 saturated heterocycles. The van der Waals surface area contributed by atoms with E-state index in [2.05, 4.69) is 5.32 Å². The predicted octanol–water partition coefficient (Wildman–Crippen LogP) is 5.20. The van der Waals surface area contributed by atoms with Crippen LogP contribution in [0.2, 0.25) is 0 Å². The second kappa shape index (κ2) is 9.47. The average Bonchev–Trinajstić information content (AvgIpc) is 2.78. The Kier molecular flexibility index (Phi) is 6.75. The van der Waals surface area contributed by atoms with E-state index in [1.807, 2.05) is 55.5 Å². The molecule has 160 valence electrons. The number of anilines is 1. The molecule has 0 aliphatic rings. The smallest absolute Gasteiger partial charge is 0.317 e. The van der Waals surface area contributed by atoms with Gasteiger partial charge in [0, 0.05) is 5.56 Å². The van der Waals surface area contributed by atoms with Gasteiger partial charge in [0.1, 0.15) is 5.75 Å². The first-order valence-electron chi connectivity index (χ1n) is 10.1. The summed E-state index contributed by atoms with van der Waals surface area (Å²) in [5.41, 5.74) is 1.97. The zero-order valence-corrected chi connectivity index (χ0v) is 18.2. The van der Waals surface area contributed by atoms with Gasteiger partial charge < -0.3 is 14.8 Å². The van der Waals surface area contributed by atoms with Crippen LogP contribution in [0.15, 0.2) is 78.9 Å². The van der Waals surface area contributed by atoms with E-state index < -0.39 is 23.4 Å². The van der Waals surface area contributed by atoms with Gasteiger partial charge in [-0.1, -0.05) is 66.7 Å². The molecule has 0 saturated carbocycles. The van der Waals surface area contributed by atoms with Crippen molar-refractivity contribution in [3.63, 3.8) is 0 Å². The summed E-state index contributed by atoms with van der Waals surface area (Å²) in [6, 6.07) is 23.8. The quantitative estimate of drug-likeness (QED) is 0.537. The third-order valence-electron chi connectivity index (χ3n) is 5.18. The van der Waals surface area contributed by atoms with E-state index in [0.29, 0.717) is 17.0 Å². The van der Waals surface area contributed by atoms with Gasteiger partial charge >= 0.3 is 5.97 Å². The number of amides is 1. The highest BCUT2D eigenvalue weighted by molar-refractivity contribution is 5.98. The molecule has 3 rings (SSSR count). The topological polar surface area (TPSA) is 64.6 Å². The Bertz CT molecular complexity index is 1050. The SMILES string of the molecule is COc1ccc(C)cc1NC(=O)[C@H](OC(=O)C(C)(C)c1ccccc1)c1ccccc1. The number of esters is 1. The van der Waals surface area contributed by atoms with Gasteiger partial charge in [-0.15, -0.1) is 0 Å². The van der Waals surface area contributed by atoms with Crippen molar-refractivity contribution in [1.29, 1.82) is 0 Å². The number of aryl methyl sites for hydroxylation is 1. The highest BCUT2D eigenvalue weighted by Gasteiger charge is 2.36. The number of methoxy groups -OCH3 is 1. The maximum Gasteiger partial charge on any atom is 0.317 e. The van der Waals surface area contributed by atoms with Crippen molar-refractivity contribution >= 4 is 17.6 Å². The van der Waals surface area contributed by atoms with Gasteiger partial charge in [0.25, 0.3) is 5.91 Å². The summed E-state index contributed by atoms with van der Waals surface area (Å²) in [5, 5.41) is 2.86. The molecule has 0 aliphatic heterocycles. The number of ether oxygens (including phenoxy) is 2. The lowest BCUT2D eigenvalue weighted by molar-refractivity contribution is -0.159. The Labute approximate surface area is 183 Å². The molecule has 0 aliphatic carbocycles. The van der Waals surface area contributed by atoms with Crippen molar-refractivity contribution in [3.05, 3.63) is 95.6 Å². The molecule has 3 aromatic rings. The Morgan fingerprint density at radius 3 is 2.13 bits per heavy atom. The number of benzene rings is 3. The van der Waals surface area contributed by atoms with Gasteiger partial charge in [0.2, 0.25) is 6.10 Å². The Balaban J connectivity index is 1.90. The molecule has 1 amide bonds. The van der Waals surface area contributed by atoms with E-state index in [0.717, 1.165) is 11.1 Å². The van der Waals surface area contributed by atoms with E-state index >= 15 is 0 Å². The molecule has 1 atom stereocenters. The number of hydrogen-bond acceptors (Lipinski definition) is 4. The highest BCUT2D eigenvalue weighted by atomic mass is 16.5. The minimum Gasteiger partial charge on any atom is -0.495 e. The highest BCUT2D eigenvalue weighted by Crippen LogP contribution is 2.31. The van der Waals surface area contributed by atoms with Crippen molar-refractivity contribution in [2.24, 2.45) is 0 Å². The molecule has 0 spiro atoms. The van der Waals surface area contributed by atoms with Crippen LogP contribution in [0.4, 0.5) is 5.69 Å². The third-order valence-corrected chi connectivity index (χ3v) is 5.18. The number of hydrogen-bond donors (Lipinski definition) is 1. The monoisotopic (exact) mass is 417 g/mol. The lowest BCUT2D eigenvalue weighted by atomic mass is 9.85. The molecule has 0 heterocycles. The van der Waals surface area contributed by atoms with Gasteiger partial charge in [-0.2, -0.15) is 0 Å². The zero-order chi connectivity index (χ0) is 22.4. The molecule has 31 heavy (non-hydrogen) atoms. The van der Waals surface area contributed by atoms with Crippen LogP contribution >= 0.6 is 0 Å². The van der Waals surface area contributed by atoms with Crippen LogP contribution in [0.5, 0.6) is 5.75 Å². The summed E-state index contributed by atoms with van der Waals surface area (Å²) in [4.78, 5) is 26.4. The average molecular weight is 418 g/mol. The zero-order valence-electron chi connectivity index (χ0n) is 18.2. The van der Waals surface area contributed by atoms with Gasteiger partial charge in [-0.05, 0) is 44.0 Å². The van der Waals surface area contributed by atoms with Crippen molar-refractivity contribution in [3.8, 4) is 5.75 Å². The minimum atomic E-state index is -1.11. The Hall–Kier alpha value is -3.60. The van der Waals surface area contributed by atoms with Crippen LogP contribution in [-0.4, -0.2) is 19.0 Å². The van der Waals surface area contributed by atoms with Crippen molar-refractivity contribution < 1.29 is 19.1 Å². The maximum atomic E-state index is 13.2. The summed E-state index contributed by atoms with van der Waals surface area (Å²) < 4.78 is 11.2. The van der Waals surface area contributed by atoms with Gasteiger partial charge in [0.15, 0.2) is 0 Å². The molecular weight excluding hydrogens is 390 g/mol. The van der Waals surface area contributed by atoms with E-state index in [9.17, 15) is 9.59 Å². The molecule has 3 aromatic carbocycles. The second-order valence-corrected chi connectivity index (χ2v) is 7.88. The first kappa shape index (κ1) is 22.1. The Morgan fingerprint density at radius 2 is 1.52 bits per heavy atom. The third kappa shape index (κ3) is 5.12. The number of carbonyl (C=O) groups excluding carboxylic acids is 2. The van der Waals surface area contributed by atoms with Crippen molar-refractivity contribution in [1.82, 2.24) is 0 Å². The molecular formula is C26H27NO4. The molecule has 5 nitrogen and oxygen atoms in total. The van der Waals surface area contributed by atoms with Crippen LogP contribution in [0.3, 0.4) is 0 Å². The van der Waals surface area contributed by atoms with Crippen LogP contribution < -0.4 is 10.1 Å². The van der Waals surface area contributed by atoms with Gasteiger partial charge in [-0.3, -0.25) is 9.59 Å². The minimum absolute atomic E-state index is 0.452. The molecule has 1 N–H and O–H groups in total. The van der Waals surface area contributed by atoms with E-state index in [-0.39, 0.29) is 0 Å². The number of rotatable bonds is 7. The lowest BCUT2D eigenvalue weighted by Crippen LogP contribution is -2.35. The summed E-state index contributed by atoms with van der Waals surface area (Å²) in [6.07, 6.45) is -1.11. The number of carbonyl (C=O) groups is 2. The fourth-order valence-electron chi connectivity index (χ4n) is 3.25. The molecule has 0 fully saturated rings. The van der Waals surface area contributed by atoms with E-state index in [1.165, 1.54) is 7.11 Å². The Morgan fingerprint density at radius 1 is 0.903 bits per heavy atom. The van der Waals surface area contributed by atoms with Crippen molar-refractivity contribution in [2.75, 3.05) is 12.4 Å². The van der Waals surface area contributed by atoms with Crippen LogP contribution in [0, 0.1) is 6.92 Å². The normalized spacial score (nSPS) is 12.0. The van der Waals surface area contributed by atoms with Crippen LogP contribution in [0.25, 0.3) is 0 Å². The number of nitrogens with one attached hydrogen (secondary N) is 1. The molecule has 0 bridgehead atoms. The van der Waals surface area contributed by atoms with Crippen LogP contribution in [-0.2, 0) is 19.7 Å².